The van der Waals surface area contributed by atoms with Crippen LogP contribution in [0.4, 0.5) is 0 Å². The summed E-state index contributed by atoms with van der Waals surface area (Å²) in [4.78, 5) is 14.9. The van der Waals surface area contributed by atoms with Crippen LogP contribution in [0.1, 0.15) is 37.8 Å². The van der Waals surface area contributed by atoms with E-state index in [1.807, 2.05) is 41.3 Å². The molecule has 0 fully saturated rings. The summed E-state index contributed by atoms with van der Waals surface area (Å²) < 4.78 is 0. The van der Waals surface area contributed by atoms with Crippen LogP contribution in [-0.2, 0) is 16.8 Å². The molecule has 0 atom stereocenters. The van der Waals surface area contributed by atoms with E-state index >= 15 is 0 Å². The second kappa shape index (κ2) is 10.2. The number of rotatable bonds is 8. The third-order valence-corrected chi connectivity index (χ3v) is 4.35. The van der Waals surface area contributed by atoms with Crippen molar-refractivity contribution in [2.24, 2.45) is 5.73 Å². The van der Waals surface area contributed by atoms with E-state index < -0.39 is 0 Å². The van der Waals surface area contributed by atoms with E-state index in [0.717, 1.165) is 12.0 Å². The lowest BCUT2D eigenvalue weighted by Crippen LogP contribution is -2.36. The molecule has 3 nitrogen and oxygen atoms in total. The van der Waals surface area contributed by atoms with Crippen molar-refractivity contribution in [3.8, 4) is 0 Å². The maximum atomic E-state index is 12.9. The highest BCUT2D eigenvalue weighted by Gasteiger charge is 2.26. The van der Waals surface area contributed by atoms with Gasteiger partial charge in [-0.1, -0.05) is 74.5 Å². The quantitative estimate of drug-likeness (QED) is 0.768. The van der Waals surface area contributed by atoms with E-state index in [-0.39, 0.29) is 23.7 Å². The second-order valence-corrected chi connectivity index (χ2v) is 6.87. The molecule has 2 N–H and O–H groups in total. The molecule has 0 spiro atoms. The minimum atomic E-state index is -0.185. The van der Waals surface area contributed by atoms with Gasteiger partial charge in [0.25, 0.3) is 0 Å². The summed E-state index contributed by atoms with van der Waals surface area (Å²) in [5.74, 6) is 0.182. The Balaban J connectivity index is 0.00000312. The minimum absolute atomic E-state index is 0. The molecule has 0 saturated heterocycles. The Morgan fingerprint density at radius 2 is 1.56 bits per heavy atom. The number of nitrogens with zero attached hydrogens (tertiary/aromatic N) is 1. The molecule has 0 aliphatic carbocycles. The minimum Gasteiger partial charge on any atom is -0.338 e. The normalized spacial score (nSPS) is 10.8. The zero-order valence-corrected chi connectivity index (χ0v) is 16.0. The number of carbonyl (C=O) groups is 1. The van der Waals surface area contributed by atoms with E-state index in [4.69, 9.17) is 5.73 Å². The van der Waals surface area contributed by atoms with E-state index in [1.54, 1.807) is 0 Å². The summed E-state index contributed by atoms with van der Waals surface area (Å²) >= 11 is 0. The van der Waals surface area contributed by atoms with Crippen molar-refractivity contribution in [1.82, 2.24) is 4.90 Å². The third kappa shape index (κ3) is 6.52. The molecule has 0 heterocycles. The summed E-state index contributed by atoms with van der Waals surface area (Å²) in [5, 5.41) is 0. The van der Waals surface area contributed by atoms with Crippen LogP contribution in [0.3, 0.4) is 0 Å². The van der Waals surface area contributed by atoms with Crippen LogP contribution in [0.5, 0.6) is 0 Å². The average molecular weight is 361 g/mol. The number of carbonyl (C=O) groups excluding carboxylic acids is 1. The number of hydrogen-bond donors (Lipinski definition) is 1. The monoisotopic (exact) mass is 360 g/mol. The van der Waals surface area contributed by atoms with E-state index in [0.29, 0.717) is 26.1 Å². The molecule has 0 saturated carbocycles. The van der Waals surface area contributed by atoms with Crippen molar-refractivity contribution in [2.75, 3.05) is 13.1 Å². The van der Waals surface area contributed by atoms with Crippen molar-refractivity contribution in [1.29, 1.82) is 0 Å². The first-order valence-corrected chi connectivity index (χ1v) is 8.60. The molecule has 0 radical (unpaired) electrons. The summed E-state index contributed by atoms with van der Waals surface area (Å²) in [6.45, 7) is 6.20. The molecule has 136 valence electrons. The number of amides is 1. The highest BCUT2D eigenvalue weighted by atomic mass is 35.5. The van der Waals surface area contributed by atoms with Gasteiger partial charge in [0, 0.05) is 19.5 Å². The highest BCUT2D eigenvalue weighted by molar-refractivity contribution is 5.85. The fourth-order valence-corrected chi connectivity index (χ4v) is 2.86. The number of halogens is 1. The molecular formula is C21H29ClN2O. The molecule has 0 aliphatic heterocycles. The van der Waals surface area contributed by atoms with Gasteiger partial charge in [0.2, 0.25) is 5.91 Å². The van der Waals surface area contributed by atoms with Crippen LogP contribution >= 0.6 is 12.4 Å². The van der Waals surface area contributed by atoms with Gasteiger partial charge in [-0.25, -0.2) is 0 Å². The fraction of sp³-hybridized carbons (Fsp3) is 0.381. The molecule has 0 aromatic heterocycles. The van der Waals surface area contributed by atoms with E-state index in [1.165, 1.54) is 5.56 Å². The third-order valence-electron chi connectivity index (χ3n) is 4.35. The van der Waals surface area contributed by atoms with Crippen LogP contribution < -0.4 is 5.73 Å². The van der Waals surface area contributed by atoms with Crippen molar-refractivity contribution in [3.05, 3.63) is 71.8 Å². The first-order valence-electron chi connectivity index (χ1n) is 8.60. The van der Waals surface area contributed by atoms with Crippen molar-refractivity contribution in [3.63, 3.8) is 0 Å². The van der Waals surface area contributed by atoms with Crippen LogP contribution in [0.25, 0.3) is 0 Å². The molecule has 2 aromatic rings. The van der Waals surface area contributed by atoms with Crippen molar-refractivity contribution >= 4 is 18.3 Å². The lowest BCUT2D eigenvalue weighted by molar-refractivity contribution is -0.133. The molecule has 25 heavy (non-hydrogen) atoms. The standard InChI is InChI=1S/C21H28N2O.ClH/c1-21(2,19-12-7-4-8-13-19)16-20(24)23(15-9-14-22)17-18-10-5-3-6-11-18;/h3-8,10-13H,9,14-17,22H2,1-2H3;1H. The summed E-state index contributed by atoms with van der Waals surface area (Å²) in [7, 11) is 0. The van der Waals surface area contributed by atoms with Crippen LogP contribution in [-0.4, -0.2) is 23.9 Å². The second-order valence-electron chi connectivity index (χ2n) is 6.87. The van der Waals surface area contributed by atoms with E-state index in [2.05, 4.69) is 38.1 Å². The van der Waals surface area contributed by atoms with Crippen LogP contribution in [0.15, 0.2) is 60.7 Å². The Hall–Kier alpha value is -1.84. The first-order chi connectivity index (χ1) is 11.5. The smallest absolute Gasteiger partial charge is 0.223 e. The van der Waals surface area contributed by atoms with Gasteiger partial charge in [-0.15, -0.1) is 12.4 Å². The van der Waals surface area contributed by atoms with Crippen molar-refractivity contribution in [2.45, 2.75) is 38.6 Å². The van der Waals surface area contributed by atoms with Gasteiger partial charge in [-0.3, -0.25) is 4.79 Å². The fourth-order valence-electron chi connectivity index (χ4n) is 2.86. The molecule has 0 unspecified atom stereocenters. The molecule has 4 heteroatoms. The predicted octanol–water partition coefficient (Wildman–Crippen LogP) is 4.15. The maximum Gasteiger partial charge on any atom is 0.223 e. The SMILES string of the molecule is CC(C)(CC(=O)N(CCCN)Cc1ccccc1)c1ccccc1.Cl. The van der Waals surface area contributed by atoms with Gasteiger partial charge < -0.3 is 10.6 Å². The van der Waals surface area contributed by atoms with Crippen LogP contribution in [0, 0.1) is 0 Å². The van der Waals surface area contributed by atoms with Gasteiger partial charge >= 0.3 is 0 Å². The number of nitrogens with two attached hydrogens (primary N) is 1. The predicted molar refractivity (Wildman–Crippen MR) is 107 cm³/mol. The molecule has 2 aromatic carbocycles. The molecule has 2 rings (SSSR count). The Morgan fingerprint density at radius 3 is 2.12 bits per heavy atom. The summed E-state index contributed by atoms with van der Waals surface area (Å²) in [6, 6.07) is 20.4. The highest BCUT2D eigenvalue weighted by Crippen LogP contribution is 2.28. The molecule has 0 bridgehead atoms. The number of hydrogen-bond acceptors (Lipinski definition) is 2. The Morgan fingerprint density at radius 1 is 1.00 bits per heavy atom. The molecular weight excluding hydrogens is 332 g/mol. The zero-order chi connectivity index (χ0) is 17.4. The Labute approximate surface area is 157 Å². The maximum absolute atomic E-state index is 12.9. The van der Waals surface area contributed by atoms with E-state index in [9.17, 15) is 4.79 Å². The molecule has 0 aliphatic rings. The molecule has 1 amide bonds. The number of benzene rings is 2. The summed E-state index contributed by atoms with van der Waals surface area (Å²) in [5.41, 5.74) is 7.81. The average Bonchev–Trinajstić information content (AvgIpc) is 2.60. The topological polar surface area (TPSA) is 46.3 Å². The van der Waals surface area contributed by atoms with Crippen LogP contribution in [0.2, 0.25) is 0 Å². The van der Waals surface area contributed by atoms with Crippen molar-refractivity contribution < 1.29 is 4.79 Å². The Kier molecular flexibility index (Phi) is 8.67. The lowest BCUT2D eigenvalue weighted by Gasteiger charge is -2.29. The lowest BCUT2D eigenvalue weighted by atomic mass is 9.81. The van der Waals surface area contributed by atoms with Gasteiger partial charge in [0.15, 0.2) is 0 Å². The Bertz CT molecular complexity index is 629. The van der Waals surface area contributed by atoms with Gasteiger partial charge in [0.1, 0.15) is 0 Å². The first kappa shape index (κ1) is 21.2. The van der Waals surface area contributed by atoms with Gasteiger partial charge in [-0.05, 0) is 29.5 Å². The van der Waals surface area contributed by atoms with Gasteiger partial charge in [0.05, 0.1) is 0 Å². The zero-order valence-electron chi connectivity index (χ0n) is 15.2. The summed E-state index contributed by atoms with van der Waals surface area (Å²) in [6.07, 6.45) is 1.32. The van der Waals surface area contributed by atoms with Gasteiger partial charge in [-0.2, -0.15) is 0 Å². The largest absolute Gasteiger partial charge is 0.338 e.